The maximum absolute atomic E-state index is 13.2. The van der Waals surface area contributed by atoms with Gasteiger partial charge in [0.1, 0.15) is 17.5 Å². The summed E-state index contributed by atoms with van der Waals surface area (Å²) in [6.45, 7) is 0.444. The summed E-state index contributed by atoms with van der Waals surface area (Å²) in [5, 5.41) is 13.3. The number of rotatable bonds is 4. The number of aliphatic hydroxyl groups excluding tert-OH is 1. The molecule has 108 valence electrons. The number of halogens is 1. The number of aromatic nitrogens is 4. The molecule has 1 aromatic carbocycles. The highest BCUT2D eigenvalue weighted by Crippen LogP contribution is 2.08. The molecule has 0 atom stereocenters. The Balaban J connectivity index is 2.01. The molecule has 0 spiro atoms. The Morgan fingerprint density at radius 2 is 2.19 bits per heavy atom. The third kappa shape index (κ3) is 2.55. The molecule has 2 heterocycles. The van der Waals surface area contributed by atoms with E-state index in [2.05, 4.69) is 10.1 Å². The lowest BCUT2D eigenvalue weighted by Gasteiger charge is -2.06. The molecule has 0 aliphatic carbocycles. The van der Waals surface area contributed by atoms with Crippen LogP contribution in [0.4, 0.5) is 4.39 Å². The van der Waals surface area contributed by atoms with Crippen molar-refractivity contribution in [1.82, 2.24) is 19.3 Å². The smallest absolute Gasteiger partial charge is 0.264 e. The Bertz CT molecular complexity index is 840. The van der Waals surface area contributed by atoms with E-state index in [-0.39, 0.29) is 31.1 Å². The van der Waals surface area contributed by atoms with Gasteiger partial charge in [-0.3, -0.25) is 9.36 Å². The van der Waals surface area contributed by atoms with Crippen molar-refractivity contribution in [1.29, 1.82) is 0 Å². The van der Waals surface area contributed by atoms with E-state index >= 15 is 0 Å². The maximum atomic E-state index is 13.2. The van der Waals surface area contributed by atoms with Crippen molar-refractivity contribution >= 4 is 11.0 Å². The second-order valence-corrected chi connectivity index (χ2v) is 4.64. The van der Waals surface area contributed by atoms with Crippen LogP contribution in [0.1, 0.15) is 5.56 Å². The number of hydrogen-bond acceptors (Lipinski definition) is 4. The zero-order valence-electron chi connectivity index (χ0n) is 11.1. The quantitative estimate of drug-likeness (QED) is 0.769. The fourth-order valence-corrected chi connectivity index (χ4v) is 2.20. The molecule has 0 unspecified atom stereocenters. The summed E-state index contributed by atoms with van der Waals surface area (Å²) in [6, 6.07) is 6.08. The lowest BCUT2D eigenvalue weighted by Crippen LogP contribution is -2.21. The Labute approximate surface area is 119 Å². The first-order chi connectivity index (χ1) is 10.2. The van der Waals surface area contributed by atoms with E-state index in [0.29, 0.717) is 16.6 Å². The van der Waals surface area contributed by atoms with Crippen molar-refractivity contribution in [2.75, 3.05) is 6.61 Å². The molecule has 0 radical (unpaired) electrons. The van der Waals surface area contributed by atoms with Crippen LogP contribution in [0.3, 0.4) is 0 Å². The van der Waals surface area contributed by atoms with Gasteiger partial charge in [0.05, 0.1) is 25.9 Å². The van der Waals surface area contributed by atoms with Crippen LogP contribution in [0.2, 0.25) is 0 Å². The molecule has 0 saturated carbocycles. The number of fused-ring (bicyclic) bond motifs is 1. The minimum atomic E-state index is -0.342. The van der Waals surface area contributed by atoms with Crippen molar-refractivity contribution in [3.63, 3.8) is 0 Å². The van der Waals surface area contributed by atoms with Crippen LogP contribution in [-0.4, -0.2) is 31.0 Å². The number of benzene rings is 1. The van der Waals surface area contributed by atoms with E-state index in [4.69, 9.17) is 5.11 Å². The number of hydrogen-bond donors (Lipinski definition) is 1. The molecule has 0 amide bonds. The summed E-state index contributed by atoms with van der Waals surface area (Å²) in [5.41, 5.74) is 0.874. The molecule has 0 fully saturated rings. The van der Waals surface area contributed by atoms with Crippen LogP contribution in [0.25, 0.3) is 11.0 Å². The van der Waals surface area contributed by atoms with Gasteiger partial charge >= 0.3 is 0 Å². The monoisotopic (exact) mass is 288 g/mol. The first kappa shape index (κ1) is 13.4. The second kappa shape index (κ2) is 5.45. The molecule has 7 heteroatoms. The minimum Gasteiger partial charge on any atom is -0.394 e. The Morgan fingerprint density at radius 3 is 2.95 bits per heavy atom. The summed E-state index contributed by atoms with van der Waals surface area (Å²) in [7, 11) is 0. The van der Waals surface area contributed by atoms with Crippen LogP contribution in [0.5, 0.6) is 0 Å². The van der Waals surface area contributed by atoms with Gasteiger partial charge in [0.25, 0.3) is 5.56 Å². The van der Waals surface area contributed by atoms with Gasteiger partial charge in [0.2, 0.25) is 0 Å². The Hall–Kier alpha value is -2.54. The molecule has 6 nitrogen and oxygen atoms in total. The normalized spacial score (nSPS) is 11.1. The van der Waals surface area contributed by atoms with Crippen LogP contribution in [-0.2, 0) is 13.1 Å². The van der Waals surface area contributed by atoms with Crippen molar-refractivity contribution < 1.29 is 9.50 Å². The van der Waals surface area contributed by atoms with Crippen LogP contribution >= 0.6 is 0 Å². The fraction of sp³-hybridized carbons (Fsp3) is 0.214. The van der Waals surface area contributed by atoms with E-state index in [9.17, 15) is 9.18 Å². The zero-order chi connectivity index (χ0) is 14.8. The molecule has 21 heavy (non-hydrogen) atoms. The third-order valence-electron chi connectivity index (χ3n) is 3.18. The van der Waals surface area contributed by atoms with Crippen molar-refractivity contribution in [3.05, 3.63) is 58.5 Å². The molecule has 0 saturated heterocycles. The molecule has 1 N–H and O–H groups in total. The highest BCUT2D eigenvalue weighted by molar-refractivity contribution is 5.72. The summed E-state index contributed by atoms with van der Waals surface area (Å²) < 4.78 is 16.1. The fourth-order valence-electron chi connectivity index (χ4n) is 2.20. The highest BCUT2D eigenvalue weighted by atomic mass is 19.1. The van der Waals surface area contributed by atoms with E-state index < -0.39 is 0 Å². The van der Waals surface area contributed by atoms with Crippen molar-refractivity contribution in [3.8, 4) is 0 Å². The molecular formula is C14H13FN4O2. The zero-order valence-corrected chi connectivity index (χ0v) is 11.1. The van der Waals surface area contributed by atoms with Gasteiger partial charge in [-0.05, 0) is 17.7 Å². The van der Waals surface area contributed by atoms with Gasteiger partial charge in [-0.25, -0.2) is 14.1 Å². The number of aliphatic hydroxyl groups is 1. The predicted octanol–water partition coefficient (Wildman–Crippen LogP) is 0.773. The van der Waals surface area contributed by atoms with Gasteiger partial charge in [0, 0.05) is 0 Å². The molecule has 0 aliphatic heterocycles. The first-order valence-corrected chi connectivity index (χ1v) is 6.45. The van der Waals surface area contributed by atoms with E-state index in [1.54, 1.807) is 12.1 Å². The van der Waals surface area contributed by atoms with Crippen LogP contribution in [0.15, 0.2) is 41.6 Å². The summed E-state index contributed by atoms with van der Waals surface area (Å²) in [4.78, 5) is 16.5. The third-order valence-corrected chi connectivity index (χ3v) is 3.18. The SMILES string of the molecule is O=c1c2cnn(CCO)c2ncn1Cc1cccc(F)c1. The maximum Gasteiger partial charge on any atom is 0.264 e. The summed E-state index contributed by atoms with van der Waals surface area (Å²) in [5.74, 6) is -0.342. The number of nitrogens with zero attached hydrogens (tertiary/aromatic N) is 4. The van der Waals surface area contributed by atoms with Gasteiger partial charge in [-0.2, -0.15) is 5.10 Å². The molecule has 3 aromatic rings. The predicted molar refractivity (Wildman–Crippen MR) is 74.4 cm³/mol. The summed E-state index contributed by atoms with van der Waals surface area (Å²) in [6.07, 6.45) is 2.84. The topological polar surface area (TPSA) is 72.9 Å². The minimum absolute atomic E-state index is 0.0785. The second-order valence-electron chi connectivity index (χ2n) is 4.64. The van der Waals surface area contributed by atoms with E-state index in [1.807, 2.05) is 0 Å². The lowest BCUT2D eigenvalue weighted by molar-refractivity contribution is 0.271. The van der Waals surface area contributed by atoms with E-state index in [1.165, 1.54) is 33.9 Å². The average Bonchev–Trinajstić information content (AvgIpc) is 2.87. The molecule has 3 rings (SSSR count). The molecule has 2 aromatic heterocycles. The first-order valence-electron chi connectivity index (χ1n) is 6.45. The standard InChI is InChI=1S/C14H13FN4O2/c15-11-3-1-2-10(6-11)8-18-9-16-13-12(14(18)21)7-17-19(13)4-5-20/h1-3,6-7,9,20H,4-5,8H2. The Morgan fingerprint density at radius 1 is 1.33 bits per heavy atom. The van der Waals surface area contributed by atoms with Gasteiger partial charge in [-0.15, -0.1) is 0 Å². The molecule has 0 aliphatic rings. The average molecular weight is 288 g/mol. The van der Waals surface area contributed by atoms with Gasteiger partial charge in [0.15, 0.2) is 5.65 Å². The van der Waals surface area contributed by atoms with E-state index in [0.717, 1.165) is 0 Å². The summed E-state index contributed by atoms with van der Waals surface area (Å²) >= 11 is 0. The van der Waals surface area contributed by atoms with Crippen molar-refractivity contribution in [2.24, 2.45) is 0 Å². The highest BCUT2D eigenvalue weighted by Gasteiger charge is 2.10. The van der Waals surface area contributed by atoms with Gasteiger partial charge in [-0.1, -0.05) is 12.1 Å². The molecule has 0 bridgehead atoms. The van der Waals surface area contributed by atoms with Crippen LogP contribution < -0.4 is 5.56 Å². The van der Waals surface area contributed by atoms with Gasteiger partial charge < -0.3 is 5.11 Å². The lowest BCUT2D eigenvalue weighted by atomic mass is 10.2. The Kier molecular flexibility index (Phi) is 3.49. The largest absolute Gasteiger partial charge is 0.394 e. The molecular weight excluding hydrogens is 275 g/mol. The van der Waals surface area contributed by atoms with Crippen molar-refractivity contribution in [2.45, 2.75) is 13.1 Å². The van der Waals surface area contributed by atoms with Crippen LogP contribution in [0, 0.1) is 5.82 Å².